The van der Waals surface area contributed by atoms with Crippen LogP contribution in [0.3, 0.4) is 0 Å². The third kappa shape index (κ3) is 3.08. The van der Waals surface area contributed by atoms with Gasteiger partial charge in [-0.2, -0.15) is 0 Å². The number of nitrogens with zero attached hydrogens (tertiary/aromatic N) is 1. The van der Waals surface area contributed by atoms with Crippen LogP contribution in [0.1, 0.15) is 11.5 Å². The fourth-order valence-electron chi connectivity index (χ4n) is 1.18. The predicted octanol–water partition coefficient (Wildman–Crippen LogP) is 3.04. The van der Waals surface area contributed by atoms with Crippen LogP contribution in [0.5, 0.6) is 0 Å². The third-order valence-corrected chi connectivity index (χ3v) is 2.06. The van der Waals surface area contributed by atoms with Crippen LogP contribution in [0.25, 0.3) is 0 Å². The van der Waals surface area contributed by atoms with Gasteiger partial charge in [0.05, 0.1) is 18.6 Å². The van der Waals surface area contributed by atoms with E-state index in [0.717, 1.165) is 11.5 Å². The Morgan fingerprint density at radius 3 is 2.87 bits per heavy atom. The SMILES string of the molecule is Clc1cccc(COCc2ccco2)n1. The Hall–Kier alpha value is -1.32. The number of hydrogen-bond donors (Lipinski definition) is 0. The molecule has 0 saturated heterocycles. The second-order valence-electron chi connectivity index (χ2n) is 3.02. The van der Waals surface area contributed by atoms with Gasteiger partial charge in [0.2, 0.25) is 0 Å². The quantitative estimate of drug-likeness (QED) is 0.748. The van der Waals surface area contributed by atoms with Crippen molar-refractivity contribution in [3.05, 3.63) is 53.2 Å². The van der Waals surface area contributed by atoms with E-state index in [1.165, 1.54) is 0 Å². The maximum absolute atomic E-state index is 5.74. The van der Waals surface area contributed by atoms with Crippen LogP contribution in [-0.2, 0) is 18.0 Å². The zero-order valence-electron chi connectivity index (χ0n) is 8.02. The highest BCUT2D eigenvalue weighted by Crippen LogP contribution is 2.08. The van der Waals surface area contributed by atoms with Crippen molar-refractivity contribution < 1.29 is 9.15 Å². The Morgan fingerprint density at radius 2 is 2.13 bits per heavy atom. The van der Waals surface area contributed by atoms with Gasteiger partial charge in [-0.25, -0.2) is 4.98 Å². The molecule has 0 fully saturated rings. The summed E-state index contributed by atoms with van der Waals surface area (Å²) in [7, 11) is 0. The molecule has 0 aliphatic heterocycles. The van der Waals surface area contributed by atoms with Gasteiger partial charge in [0, 0.05) is 0 Å². The second kappa shape index (κ2) is 4.96. The number of aromatic nitrogens is 1. The molecule has 0 aliphatic rings. The molecule has 2 rings (SSSR count). The number of pyridine rings is 1. The molecular formula is C11H10ClNO2. The average Bonchev–Trinajstić information content (AvgIpc) is 2.71. The molecule has 2 aromatic heterocycles. The second-order valence-corrected chi connectivity index (χ2v) is 3.41. The summed E-state index contributed by atoms with van der Waals surface area (Å²) in [5.74, 6) is 0.803. The molecule has 3 nitrogen and oxygen atoms in total. The van der Waals surface area contributed by atoms with E-state index in [-0.39, 0.29) is 0 Å². The number of hydrogen-bond acceptors (Lipinski definition) is 3. The molecule has 2 aromatic rings. The Bertz CT molecular complexity index is 414. The molecule has 4 heteroatoms. The number of halogens is 1. The fourth-order valence-corrected chi connectivity index (χ4v) is 1.36. The summed E-state index contributed by atoms with van der Waals surface area (Å²) in [5, 5.41) is 0.481. The van der Waals surface area contributed by atoms with Gasteiger partial charge in [0.15, 0.2) is 0 Å². The summed E-state index contributed by atoms with van der Waals surface area (Å²) in [6.45, 7) is 0.877. The summed E-state index contributed by atoms with van der Waals surface area (Å²) < 4.78 is 10.5. The molecule has 0 radical (unpaired) electrons. The molecule has 0 aliphatic carbocycles. The van der Waals surface area contributed by atoms with Gasteiger partial charge in [-0.05, 0) is 24.3 Å². The van der Waals surface area contributed by atoms with Crippen LogP contribution >= 0.6 is 11.6 Å². The first kappa shape index (κ1) is 10.2. The molecule has 2 heterocycles. The van der Waals surface area contributed by atoms with Crippen LogP contribution in [0.15, 0.2) is 41.0 Å². The third-order valence-electron chi connectivity index (χ3n) is 1.85. The van der Waals surface area contributed by atoms with Crippen LogP contribution in [0.4, 0.5) is 0 Å². The molecule has 0 saturated carbocycles. The topological polar surface area (TPSA) is 35.3 Å². The van der Waals surface area contributed by atoms with Crippen molar-refractivity contribution in [3.8, 4) is 0 Å². The molecule has 0 amide bonds. The van der Waals surface area contributed by atoms with E-state index in [1.54, 1.807) is 12.3 Å². The van der Waals surface area contributed by atoms with E-state index < -0.39 is 0 Å². The lowest BCUT2D eigenvalue weighted by molar-refractivity contribution is 0.0906. The fraction of sp³-hybridized carbons (Fsp3) is 0.182. The van der Waals surface area contributed by atoms with Gasteiger partial charge >= 0.3 is 0 Å². The number of ether oxygens (including phenoxy) is 1. The largest absolute Gasteiger partial charge is 0.467 e. The Kier molecular flexibility index (Phi) is 3.37. The maximum atomic E-state index is 5.74. The molecule has 0 N–H and O–H groups in total. The number of rotatable bonds is 4. The molecule has 78 valence electrons. The maximum Gasteiger partial charge on any atom is 0.129 e. The minimum Gasteiger partial charge on any atom is -0.467 e. The zero-order chi connectivity index (χ0) is 10.5. The van der Waals surface area contributed by atoms with E-state index in [9.17, 15) is 0 Å². The van der Waals surface area contributed by atoms with Crippen molar-refractivity contribution in [1.29, 1.82) is 0 Å². The van der Waals surface area contributed by atoms with E-state index in [1.807, 2.05) is 24.3 Å². The van der Waals surface area contributed by atoms with Gasteiger partial charge in [0.25, 0.3) is 0 Å². The van der Waals surface area contributed by atoms with Gasteiger partial charge in [-0.3, -0.25) is 0 Å². The van der Waals surface area contributed by atoms with Crippen LogP contribution < -0.4 is 0 Å². The summed E-state index contributed by atoms with van der Waals surface area (Å²) in [6.07, 6.45) is 1.62. The highest BCUT2D eigenvalue weighted by Gasteiger charge is 1.98. The summed E-state index contributed by atoms with van der Waals surface area (Å²) in [4.78, 5) is 4.10. The smallest absolute Gasteiger partial charge is 0.129 e. The van der Waals surface area contributed by atoms with E-state index in [0.29, 0.717) is 18.4 Å². The van der Waals surface area contributed by atoms with E-state index >= 15 is 0 Å². The summed E-state index contributed by atoms with van der Waals surface area (Å²) >= 11 is 5.74. The monoisotopic (exact) mass is 223 g/mol. The van der Waals surface area contributed by atoms with Crippen molar-refractivity contribution in [2.75, 3.05) is 0 Å². The highest BCUT2D eigenvalue weighted by molar-refractivity contribution is 6.29. The molecule has 15 heavy (non-hydrogen) atoms. The first-order valence-electron chi connectivity index (χ1n) is 4.56. The van der Waals surface area contributed by atoms with Gasteiger partial charge in [-0.1, -0.05) is 17.7 Å². The normalized spacial score (nSPS) is 10.5. The minimum absolute atomic E-state index is 0.432. The Labute approximate surface area is 92.6 Å². The number of furan rings is 1. The lowest BCUT2D eigenvalue weighted by atomic mass is 10.4. The molecule has 0 aromatic carbocycles. The van der Waals surface area contributed by atoms with Crippen molar-refractivity contribution >= 4 is 11.6 Å². The summed E-state index contributed by atoms with van der Waals surface area (Å²) in [6, 6.07) is 9.15. The van der Waals surface area contributed by atoms with Gasteiger partial charge < -0.3 is 9.15 Å². The average molecular weight is 224 g/mol. The van der Waals surface area contributed by atoms with Crippen LogP contribution in [0.2, 0.25) is 5.15 Å². The molecule has 0 atom stereocenters. The van der Waals surface area contributed by atoms with Crippen molar-refractivity contribution in [2.45, 2.75) is 13.2 Å². The van der Waals surface area contributed by atoms with Crippen molar-refractivity contribution in [2.24, 2.45) is 0 Å². The predicted molar refractivity (Wildman–Crippen MR) is 56.4 cm³/mol. The zero-order valence-corrected chi connectivity index (χ0v) is 8.78. The molecular weight excluding hydrogens is 214 g/mol. The first-order chi connectivity index (χ1) is 7.34. The Morgan fingerprint density at radius 1 is 1.20 bits per heavy atom. The molecule has 0 unspecified atom stereocenters. The molecule has 0 bridgehead atoms. The van der Waals surface area contributed by atoms with Gasteiger partial charge in [-0.15, -0.1) is 0 Å². The van der Waals surface area contributed by atoms with E-state index in [4.69, 9.17) is 20.8 Å². The lowest BCUT2D eigenvalue weighted by Gasteiger charge is -2.01. The van der Waals surface area contributed by atoms with Crippen molar-refractivity contribution in [1.82, 2.24) is 4.98 Å². The standard InChI is InChI=1S/C11H10ClNO2/c12-11-5-1-3-9(13-11)7-14-8-10-4-2-6-15-10/h1-6H,7-8H2. The highest BCUT2D eigenvalue weighted by atomic mass is 35.5. The first-order valence-corrected chi connectivity index (χ1v) is 4.94. The lowest BCUT2D eigenvalue weighted by Crippen LogP contribution is -1.95. The van der Waals surface area contributed by atoms with Crippen LogP contribution in [-0.4, -0.2) is 4.98 Å². The summed E-state index contributed by atoms with van der Waals surface area (Å²) in [5.41, 5.74) is 0.814. The molecule has 0 spiro atoms. The van der Waals surface area contributed by atoms with Crippen LogP contribution in [0, 0.1) is 0 Å². The van der Waals surface area contributed by atoms with Gasteiger partial charge in [0.1, 0.15) is 17.5 Å². The Balaban J connectivity index is 1.83. The van der Waals surface area contributed by atoms with E-state index in [2.05, 4.69) is 4.98 Å². The minimum atomic E-state index is 0.432. The van der Waals surface area contributed by atoms with Crippen molar-refractivity contribution in [3.63, 3.8) is 0 Å².